The lowest BCUT2D eigenvalue weighted by atomic mass is 9.91. The van der Waals surface area contributed by atoms with Gasteiger partial charge in [-0.15, -0.1) is 0 Å². The summed E-state index contributed by atoms with van der Waals surface area (Å²) in [6, 6.07) is 8.16. The van der Waals surface area contributed by atoms with E-state index in [-0.39, 0.29) is 17.7 Å². The van der Waals surface area contributed by atoms with E-state index in [2.05, 4.69) is 9.68 Å². The molecule has 0 atom stereocenters. The van der Waals surface area contributed by atoms with E-state index < -0.39 is 52.7 Å². The minimum atomic E-state index is -4.67. The lowest BCUT2D eigenvalue weighted by Crippen LogP contribution is -2.31. The lowest BCUT2D eigenvalue weighted by Gasteiger charge is -2.32. The Morgan fingerprint density at radius 2 is 1.28 bits per heavy atom. The summed E-state index contributed by atoms with van der Waals surface area (Å²) < 4.78 is 114. The Labute approximate surface area is 219 Å². The van der Waals surface area contributed by atoms with Crippen LogP contribution in [0.5, 0.6) is 11.5 Å². The average Bonchev–Trinajstić information content (AvgIpc) is 3.43. The van der Waals surface area contributed by atoms with E-state index in [9.17, 15) is 30.9 Å². The fourth-order valence-electron chi connectivity index (χ4n) is 5.13. The van der Waals surface area contributed by atoms with Crippen molar-refractivity contribution in [2.45, 2.75) is 38.1 Å². The van der Waals surface area contributed by atoms with Crippen LogP contribution in [0.4, 0.5) is 30.9 Å². The summed E-state index contributed by atoms with van der Waals surface area (Å²) in [5.74, 6) is -8.35. The molecule has 0 N–H and O–H groups in total. The zero-order valence-electron chi connectivity index (χ0n) is 20.4. The maximum absolute atomic E-state index is 14.7. The molecule has 1 saturated heterocycles. The summed E-state index contributed by atoms with van der Waals surface area (Å²) in [5.41, 5.74) is -0.776. The Hall–Kier alpha value is -3.31. The van der Waals surface area contributed by atoms with Crippen molar-refractivity contribution in [2.75, 3.05) is 13.2 Å². The molecule has 39 heavy (non-hydrogen) atoms. The Balaban J connectivity index is 1.30. The fraction of sp³-hybridized carbons (Fsp3) is 0.357. The monoisotopic (exact) mass is 556 g/mol. The highest BCUT2D eigenvalue weighted by Gasteiger charge is 2.41. The Kier molecular flexibility index (Phi) is 7.73. The minimum Gasteiger partial charge on any atom is -0.429 e. The summed E-state index contributed by atoms with van der Waals surface area (Å²) in [5, 5.41) is 0. The third-order valence-electron chi connectivity index (χ3n) is 7.13. The van der Waals surface area contributed by atoms with E-state index >= 15 is 0 Å². The van der Waals surface area contributed by atoms with Gasteiger partial charge in [0.2, 0.25) is 5.75 Å². The van der Waals surface area contributed by atoms with Crippen molar-refractivity contribution in [1.82, 2.24) is 0 Å². The minimum absolute atomic E-state index is 0.0376. The molecule has 0 unspecified atom stereocenters. The first-order valence-corrected chi connectivity index (χ1v) is 12.3. The molecule has 4 nitrogen and oxygen atoms in total. The van der Waals surface area contributed by atoms with Crippen molar-refractivity contribution in [2.24, 2.45) is 11.8 Å². The molecular formula is C28H23F7O4. The molecule has 2 fully saturated rings. The Morgan fingerprint density at radius 1 is 0.718 bits per heavy atom. The van der Waals surface area contributed by atoms with Gasteiger partial charge in [0.25, 0.3) is 0 Å². The number of ether oxygens (including phenoxy) is 3. The zero-order valence-corrected chi connectivity index (χ0v) is 20.4. The second-order valence-corrected chi connectivity index (χ2v) is 9.65. The van der Waals surface area contributed by atoms with Gasteiger partial charge in [-0.05, 0) is 29.2 Å². The Bertz CT molecular complexity index is 1270. The molecule has 3 aromatic carbocycles. The summed E-state index contributed by atoms with van der Waals surface area (Å²) in [6.07, 6.45) is -0.432. The molecular weight excluding hydrogens is 533 g/mol. The van der Waals surface area contributed by atoms with Crippen molar-refractivity contribution in [3.63, 3.8) is 0 Å². The van der Waals surface area contributed by atoms with Crippen LogP contribution in [-0.4, -0.2) is 13.2 Å². The van der Waals surface area contributed by atoms with Crippen molar-refractivity contribution in [1.29, 1.82) is 0 Å². The van der Waals surface area contributed by atoms with Gasteiger partial charge in [0.05, 0.1) is 13.2 Å². The molecule has 0 amide bonds. The van der Waals surface area contributed by atoms with Gasteiger partial charge in [-0.2, -0.15) is 8.78 Å². The first-order valence-electron chi connectivity index (χ1n) is 12.3. The second kappa shape index (κ2) is 11.1. The molecule has 5 rings (SSSR count). The topological polar surface area (TPSA) is 36.9 Å². The number of hydrogen-bond acceptors (Lipinski definition) is 4. The van der Waals surface area contributed by atoms with Crippen LogP contribution in [0.2, 0.25) is 0 Å². The van der Waals surface area contributed by atoms with Crippen LogP contribution in [0.1, 0.15) is 43.1 Å². The molecule has 0 radical (unpaired) electrons. The van der Waals surface area contributed by atoms with E-state index in [0.717, 1.165) is 0 Å². The first-order chi connectivity index (χ1) is 18.7. The molecule has 2 aliphatic rings. The lowest BCUT2D eigenvalue weighted by molar-refractivity contribution is -0.212. The molecule has 1 aliphatic carbocycles. The standard InChI is InChI=1S/C28H23F7O4/c29-21-9-18(10-22(30)25(21)28(33,34)38-20-11-23(31)26(39-35)24(32)12-20)16-5-7-17(8-6-16)27-36-13-19(14-37-27)15-3-1-2-4-15/h5-12,15,19,27H,1-4,13-14H2. The maximum Gasteiger partial charge on any atom is 0.432 e. The van der Waals surface area contributed by atoms with Gasteiger partial charge in [0.15, 0.2) is 17.9 Å². The van der Waals surface area contributed by atoms with Crippen LogP contribution < -0.4 is 9.68 Å². The SMILES string of the molecule is FOc1c(F)cc(OC(F)(F)c2c(F)cc(-c3ccc(C4OCC(C5CCCC5)CO4)cc3)cc2F)cc1F. The molecule has 0 spiro atoms. The molecule has 1 heterocycles. The van der Waals surface area contributed by atoms with Crippen LogP contribution in [-0.2, 0) is 15.6 Å². The maximum atomic E-state index is 14.7. The molecule has 3 aromatic rings. The normalized spacial score (nSPS) is 20.3. The number of hydrogen-bond donors (Lipinski definition) is 0. The van der Waals surface area contributed by atoms with Crippen LogP contribution in [0.3, 0.4) is 0 Å². The highest BCUT2D eigenvalue weighted by Crippen LogP contribution is 2.39. The van der Waals surface area contributed by atoms with Crippen molar-refractivity contribution in [3.05, 3.63) is 82.9 Å². The quantitative estimate of drug-likeness (QED) is 0.275. The van der Waals surface area contributed by atoms with Crippen LogP contribution in [0.15, 0.2) is 48.5 Å². The zero-order chi connectivity index (χ0) is 27.7. The van der Waals surface area contributed by atoms with Crippen molar-refractivity contribution >= 4 is 0 Å². The third-order valence-corrected chi connectivity index (χ3v) is 7.13. The van der Waals surface area contributed by atoms with Gasteiger partial charge in [-0.25, -0.2) is 17.6 Å². The smallest absolute Gasteiger partial charge is 0.429 e. The van der Waals surface area contributed by atoms with E-state index in [1.54, 1.807) is 24.3 Å². The van der Waals surface area contributed by atoms with Gasteiger partial charge in [-0.3, -0.25) is 4.94 Å². The second-order valence-electron chi connectivity index (χ2n) is 9.65. The Morgan fingerprint density at radius 3 is 1.82 bits per heavy atom. The number of halogens is 7. The fourth-order valence-corrected chi connectivity index (χ4v) is 5.13. The summed E-state index contributed by atoms with van der Waals surface area (Å²) in [4.78, 5) is 2.98. The van der Waals surface area contributed by atoms with Gasteiger partial charge < -0.3 is 14.2 Å². The summed E-state index contributed by atoms with van der Waals surface area (Å²) in [6.45, 7) is 1.16. The van der Waals surface area contributed by atoms with Gasteiger partial charge >= 0.3 is 6.11 Å². The highest BCUT2D eigenvalue weighted by atomic mass is 19.3. The highest BCUT2D eigenvalue weighted by molar-refractivity contribution is 5.64. The molecule has 1 aliphatic heterocycles. The van der Waals surface area contributed by atoms with Crippen LogP contribution in [0.25, 0.3) is 11.1 Å². The van der Waals surface area contributed by atoms with Crippen molar-refractivity contribution < 1.29 is 50.0 Å². The van der Waals surface area contributed by atoms with E-state index in [0.29, 0.717) is 48.3 Å². The number of rotatable bonds is 7. The van der Waals surface area contributed by atoms with Crippen LogP contribution in [0, 0.1) is 35.1 Å². The largest absolute Gasteiger partial charge is 0.432 e. The summed E-state index contributed by atoms with van der Waals surface area (Å²) in [7, 11) is 0. The molecule has 1 saturated carbocycles. The average molecular weight is 556 g/mol. The van der Waals surface area contributed by atoms with E-state index in [4.69, 9.17) is 9.47 Å². The van der Waals surface area contributed by atoms with Gasteiger partial charge in [0.1, 0.15) is 22.9 Å². The van der Waals surface area contributed by atoms with E-state index in [1.807, 2.05) is 0 Å². The molecule has 11 heteroatoms. The molecule has 208 valence electrons. The van der Waals surface area contributed by atoms with Crippen molar-refractivity contribution in [3.8, 4) is 22.6 Å². The van der Waals surface area contributed by atoms with Gasteiger partial charge in [-0.1, -0.05) is 49.9 Å². The summed E-state index contributed by atoms with van der Waals surface area (Å²) >= 11 is 0. The number of benzene rings is 3. The predicted octanol–water partition coefficient (Wildman–Crippen LogP) is 8.15. The van der Waals surface area contributed by atoms with Crippen LogP contribution >= 0.6 is 0 Å². The first kappa shape index (κ1) is 27.3. The number of alkyl halides is 2. The van der Waals surface area contributed by atoms with Gasteiger partial charge in [0, 0.05) is 28.1 Å². The molecule has 0 bridgehead atoms. The predicted molar refractivity (Wildman–Crippen MR) is 125 cm³/mol. The molecule has 0 aromatic heterocycles. The van der Waals surface area contributed by atoms with E-state index in [1.165, 1.54) is 25.7 Å². The third kappa shape index (κ3) is 5.69.